The van der Waals surface area contributed by atoms with Crippen LogP contribution in [0.1, 0.15) is 23.2 Å². The van der Waals surface area contributed by atoms with Crippen molar-refractivity contribution in [3.05, 3.63) is 35.1 Å². The van der Waals surface area contributed by atoms with Gasteiger partial charge < -0.3 is 10.1 Å². The molecule has 0 amide bonds. The summed E-state index contributed by atoms with van der Waals surface area (Å²) in [5.74, 6) is -0.0594. The number of aromatic nitrogens is 3. The number of nitrogens with zero attached hydrogens (tertiary/aromatic N) is 2. The van der Waals surface area contributed by atoms with Crippen molar-refractivity contribution in [3.63, 3.8) is 0 Å². The fourth-order valence-corrected chi connectivity index (χ4v) is 2.66. The van der Waals surface area contributed by atoms with Crippen LogP contribution < -0.4 is 0 Å². The number of thiazole rings is 1. The van der Waals surface area contributed by atoms with Gasteiger partial charge in [0.2, 0.25) is 0 Å². The first kappa shape index (κ1) is 11.9. The van der Waals surface area contributed by atoms with Crippen LogP contribution in [0.25, 0.3) is 21.6 Å². The molecule has 0 atom stereocenters. The van der Waals surface area contributed by atoms with Crippen molar-refractivity contribution in [1.29, 1.82) is 0 Å². The number of nitrogens with one attached hydrogen (secondary N) is 1. The van der Waals surface area contributed by atoms with Crippen LogP contribution in [0.15, 0.2) is 23.6 Å². The number of aryl methyl sites for hydroxylation is 1. The number of rotatable bonds is 3. The van der Waals surface area contributed by atoms with Crippen LogP contribution in [0.5, 0.6) is 0 Å². The summed E-state index contributed by atoms with van der Waals surface area (Å²) in [7, 11) is 0. The molecular weight excluding hydrogens is 262 g/mol. The van der Waals surface area contributed by atoms with Crippen LogP contribution in [0.2, 0.25) is 0 Å². The number of carbonyl (C=O) groups is 1. The van der Waals surface area contributed by atoms with Gasteiger partial charge in [-0.2, -0.15) is 0 Å². The smallest absolute Gasteiger partial charge is 0.355 e. The van der Waals surface area contributed by atoms with Gasteiger partial charge in [0.1, 0.15) is 10.8 Å². The first-order valence-electron chi connectivity index (χ1n) is 5.85. The molecule has 3 aromatic rings. The number of H-pyrrole nitrogens is 1. The fourth-order valence-electron chi connectivity index (χ4n) is 1.87. The number of imidazole rings is 1. The average molecular weight is 273 g/mol. The lowest BCUT2D eigenvalue weighted by Gasteiger charge is -1.95. The Kier molecular flexibility index (Phi) is 2.79. The minimum Gasteiger partial charge on any atom is -0.476 e. The van der Waals surface area contributed by atoms with E-state index in [1.807, 2.05) is 25.1 Å². The van der Waals surface area contributed by atoms with E-state index in [9.17, 15) is 4.79 Å². The monoisotopic (exact) mass is 273 g/mol. The number of aromatic amines is 1. The Morgan fingerprint density at radius 3 is 2.95 bits per heavy atom. The molecule has 0 bridgehead atoms. The van der Waals surface area contributed by atoms with Gasteiger partial charge in [-0.1, -0.05) is 6.92 Å². The van der Waals surface area contributed by atoms with Gasteiger partial charge >= 0.3 is 5.97 Å². The summed E-state index contributed by atoms with van der Waals surface area (Å²) in [6.07, 6.45) is 0.852. The highest BCUT2D eigenvalue weighted by Gasteiger charge is 2.11. The van der Waals surface area contributed by atoms with Gasteiger partial charge in [0, 0.05) is 17.4 Å². The number of benzene rings is 1. The van der Waals surface area contributed by atoms with Crippen LogP contribution in [0, 0.1) is 0 Å². The molecule has 1 aromatic carbocycles. The number of carboxylic acid groups (broad SMARTS) is 1. The number of carboxylic acids is 1. The molecule has 19 heavy (non-hydrogen) atoms. The van der Waals surface area contributed by atoms with Gasteiger partial charge in [-0.15, -0.1) is 11.3 Å². The number of aromatic carboxylic acids is 1. The lowest BCUT2D eigenvalue weighted by molar-refractivity contribution is 0.0691. The molecule has 0 saturated carbocycles. The summed E-state index contributed by atoms with van der Waals surface area (Å²) in [5.41, 5.74) is 2.84. The Balaban J connectivity index is 2.06. The van der Waals surface area contributed by atoms with Gasteiger partial charge in [0.15, 0.2) is 5.69 Å². The number of hydrogen-bond donors (Lipinski definition) is 2. The Morgan fingerprint density at radius 2 is 2.26 bits per heavy atom. The van der Waals surface area contributed by atoms with Crippen molar-refractivity contribution in [3.8, 4) is 10.6 Å². The quantitative estimate of drug-likeness (QED) is 0.769. The Bertz CT molecular complexity index is 760. The molecule has 0 aliphatic carbocycles. The minimum absolute atomic E-state index is 0.0824. The van der Waals surface area contributed by atoms with Gasteiger partial charge in [-0.05, 0) is 18.2 Å². The molecule has 0 aliphatic heterocycles. The number of hydrogen-bond acceptors (Lipinski definition) is 4. The lowest BCUT2D eigenvalue weighted by atomic mass is 10.2. The van der Waals surface area contributed by atoms with E-state index in [-0.39, 0.29) is 5.69 Å². The second kappa shape index (κ2) is 4.47. The van der Waals surface area contributed by atoms with Gasteiger partial charge in [-0.3, -0.25) is 0 Å². The highest BCUT2D eigenvalue weighted by Crippen LogP contribution is 2.26. The van der Waals surface area contributed by atoms with Crippen LogP contribution >= 0.6 is 11.3 Å². The maximum atomic E-state index is 10.8. The molecular formula is C13H11N3O2S. The topological polar surface area (TPSA) is 78.9 Å². The largest absolute Gasteiger partial charge is 0.476 e. The third-order valence-electron chi connectivity index (χ3n) is 2.84. The second-order valence-corrected chi connectivity index (χ2v) is 4.97. The highest BCUT2D eigenvalue weighted by atomic mass is 32.1. The van der Waals surface area contributed by atoms with Crippen molar-refractivity contribution in [2.24, 2.45) is 0 Å². The minimum atomic E-state index is -1.00. The van der Waals surface area contributed by atoms with Gasteiger partial charge in [0.25, 0.3) is 0 Å². The summed E-state index contributed by atoms with van der Waals surface area (Å²) in [5, 5.41) is 11.1. The van der Waals surface area contributed by atoms with Crippen molar-refractivity contribution >= 4 is 28.3 Å². The van der Waals surface area contributed by atoms with E-state index >= 15 is 0 Å². The molecule has 2 aromatic heterocycles. The summed E-state index contributed by atoms with van der Waals surface area (Å²) in [6, 6.07) is 5.78. The van der Waals surface area contributed by atoms with E-state index in [2.05, 4.69) is 15.0 Å². The first-order valence-corrected chi connectivity index (χ1v) is 6.73. The van der Waals surface area contributed by atoms with Crippen LogP contribution in [0.3, 0.4) is 0 Å². The highest BCUT2D eigenvalue weighted by molar-refractivity contribution is 7.13. The van der Waals surface area contributed by atoms with Crippen molar-refractivity contribution in [2.75, 3.05) is 0 Å². The predicted octanol–water partition coefficient (Wildman–Crippen LogP) is 2.95. The van der Waals surface area contributed by atoms with E-state index in [1.54, 1.807) is 5.38 Å². The summed E-state index contributed by atoms with van der Waals surface area (Å²) < 4.78 is 0. The maximum absolute atomic E-state index is 10.8. The lowest BCUT2D eigenvalue weighted by Crippen LogP contribution is -1.95. The molecule has 5 nitrogen and oxygen atoms in total. The zero-order chi connectivity index (χ0) is 13.4. The summed E-state index contributed by atoms with van der Waals surface area (Å²) >= 11 is 1.33. The van der Waals surface area contributed by atoms with E-state index in [1.165, 1.54) is 11.3 Å². The normalized spacial score (nSPS) is 11.0. The maximum Gasteiger partial charge on any atom is 0.355 e. The number of fused-ring (bicyclic) bond motifs is 1. The second-order valence-electron chi connectivity index (χ2n) is 4.11. The first-order chi connectivity index (χ1) is 9.17. The van der Waals surface area contributed by atoms with E-state index < -0.39 is 5.97 Å². The third kappa shape index (κ3) is 2.10. The van der Waals surface area contributed by atoms with Crippen LogP contribution in [0.4, 0.5) is 0 Å². The van der Waals surface area contributed by atoms with Crippen molar-refractivity contribution in [1.82, 2.24) is 15.0 Å². The van der Waals surface area contributed by atoms with Crippen LogP contribution in [-0.2, 0) is 6.42 Å². The van der Waals surface area contributed by atoms with E-state index in [4.69, 9.17) is 5.11 Å². The zero-order valence-corrected chi connectivity index (χ0v) is 11.0. The molecule has 0 fully saturated rings. The molecule has 2 N–H and O–H groups in total. The molecule has 0 saturated heterocycles. The van der Waals surface area contributed by atoms with Crippen molar-refractivity contribution < 1.29 is 9.90 Å². The molecule has 2 heterocycles. The van der Waals surface area contributed by atoms with Gasteiger partial charge in [-0.25, -0.2) is 14.8 Å². The molecule has 6 heteroatoms. The zero-order valence-electron chi connectivity index (χ0n) is 10.2. The molecule has 96 valence electrons. The van der Waals surface area contributed by atoms with Crippen molar-refractivity contribution in [2.45, 2.75) is 13.3 Å². The van der Waals surface area contributed by atoms with E-state index in [0.29, 0.717) is 5.01 Å². The molecule has 3 rings (SSSR count). The Labute approximate surface area is 113 Å². The standard InChI is InChI=1S/C13H11N3O2S/c1-2-11-14-8-4-3-7(5-9(8)15-11)12-16-10(6-19-12)13(17)18/h3-6H,2H2,1H3,(H,14,15)(H,17,18). The summed E-state index contributed by atoms with van der Waals surface area (Å²) in [4.78, 5) is 22.6. The fraction of sp³-hybridized carbons (Fsp3) is 0.154. The van der Waals surface area contributed by atoms with Crippen LogP contribution in [-0.4, -0.2) is 26.0 Å². The SMILES string of the molecule is CCc1nc2ccc(-c3nc(C(=O)O)cs3)cc2[nH]1. The predicted molar refractivity (Wildman–Crippen MR) is 73.5 cm³/mol. The molecule has 0 aliphatic rings. The van der Waals surface area contributed by atoms with E-state index in [0.717, 1.165) is 28.8 Å². The molecule has 0 radical (unpaired) electrons. The summed E-state index contributed by atoms with van der Waals surface area (Å²) in [6.45, 7) is 2.04. The molecule has 0 unspecified atom stereocenters. The average Bonchev–Trinajstić information content (AvgIpc) is 3.04. The van der Waals surface area contributed by atoms with Gasteiger partial charge in [0.05, 0.1) is 11.0 Å². The Hall–Kier alpha value is -2.21. The molecule has 0 spiro atoms. The Morgan fingerprint density at radius 1 is 1.42 bits per heavy atom. The third-order valence-corrected chi connectivity index (χ3v) is 3.73.